The van der Waals surface area contributed by atoms with Crippen molar-refractivity contribution in [3.05, 3.63) is 0 Å². The lowest BCUT2D eigenvalue weighted by molar-refractivity contribution is 0.643. The Kier molecular flexibility index (Phi) is 8.66. The predicted octanol–water partition coefficient (Wildman–Crippen LogP) is 1.53. The summed E-state index contributed by atoms with van der Waals surface area (Å²) in [6.45, 7) is 0. The SMILES string of the molecule is CN(C)C(=S)SC(=S)N(C)C.S. The van der Waals surface area contributed by atoms with E-state index in [4.69, 9.17) is 24.4 Å². The minimum atomic E-state index is 0. The first-order chi connectivity index (χ1) is 4.95. The number of thiocarbonyl (C=S) groups is 2. The van der Waals surface area contributed by atoms with E-state index in [1.165, 1.54) is 11.8 Å². The molecule has 0 amide bonds. The molecule has 72 valence electrons. The molecule has 6 heteroatoms. The van der Waals surface area contributed by atoms with Gasteiger partial charge < -0.3 is 9.80 Å². The fraction of sp³-hybridized carbons (Fsp3) is 0.667. The monoisotopic (exact) mass is 242 g/mol. The molecule has 2 nitrogen and oxygen atoms in total. The van der Waals surface area contributed by atoms with E-state index in [1.807, 2.05) is 38.0 Å². The summed E-state index contributed by atoms with van der Waals surface area (Å²) >= 11 is 11.5. The molecule has 0 rings (SSSR count). The van der Waals surface area contributed by atoms with Crippen molar-refractivity contribution >= 4 is 58.3 Å². The molecule has 0 N–H and O–H groups in total. The van der Waals surface area contributed by atoms with Gasteiger partial charge in [-0.05, 0) is 11.8 Å². The summed E-state index contributed by atoms with van der Waals surface area (Å²) < 4.78 is 1.59. The van der Waals surface area contributed by atoms with E-state index in [9.17, 15) is 0 Å². The van der Waals surface area contributed by atoms with Crippen molar-refractivity contribution in [2.45, 2.75) is 0 Å². The van der Waals surface area contributed by atoms with Crippen molar-refractivity contribution < 1.29 is 0 Å². The summed E-state index contributed by atoms with van der Waals surface area (Å²) in [5.41, 5.74) is 0. The van der Waals surface area contributed by atoms with Crippen LogP contribution in [-0.2, 0) is 0 Å². The molecule has 0 aliphatic heterocycles. The van der Waals surface area contributed by atoms with Gasteiger partial charge in [0, 0.05) is 28.2 Å². The zero-order valence-electron chi connectivity index (χ0n) is 7.62. The van der Waals surface area contributed by atoms with Gasteiger partial charge in [-0.3, -0.25) is 0 Å². The number of hydrogen-bond donors (Lipinski definition) is 0. The largest absolute Gasteiger partial charge is 0.363 e. The van der Waals surface area contributed by atoms with Crippen LogP contribution in [0.15, 0.2) is 0 Å². The van der Waals surface area contributed by atoms with Crippen LogP contribution in [0, 0.1) is 0 Å². The molecular weight excluding hydrogens is 228 g/mol. The molecule has 0 saturated heterocycles. The van der Waals surface area contributed by atoms with Gasteiger partial charge in [0.15, 0.2) is 0 Å². The molecule has 0 spiro atoms. The van der Waals surface area contributed by atoms with Gasteiger partial charge in [0.25, 0.3) is 0 Å². The summed E-state index contributed by atoms with van der Waals surface area (Å²) in [6, 6.07) is 0. The fourth-order valence-corrected chi connectivity index (χ4v) is 1.40. The van der Waals surface area contributed by atoms with Crippen molar-refractivity contribution in [1.29, 1.82) is 0 Å². The van der Waals surface area contributed by atoms with E-state index in [-0.39, 0.29) is 13.5 Å². The molecule has 0 saturated carbocycles. The Morgan fingerprint density at radius 3 is 1.33 bits per heavy atom. The van der Waals surface area contributed by atoms with Crippen molar-refractivity contribution in [3.63, 3.8) is 0 Å². The molecule has 0 bridgehead atoms. The lowest BCUT2D eigenvalue weighted by Gasteiger charge is -2.16. The molecule has 0 aromatic carbocycles. The van der Waals surface area contributed by atoms with Crippen LogP contribution in [0.2, 0.25) is 0 Å². The van der Waals surface area contributed by atoms with E-state index in [2.05, 4.69) is 0 Å². The third kappa shape index (κ3) is 6.05. The summed E-state index contributed by atoms with van der Waals surface area (Å²) in [5.74, 6) is 0. The zero-order valence-corrected chi connectivity index (χ0v) is 11.1. The van der Waals surface area contributed by atoms with Crippen LogP contribution in [-0.4, -0.2) is 46.6 Å². The van der Waals surface area contributed by atoms with Gasteiger partial charge in [-0.2, -0.15) is 13.5 Å². The van der Waals surface area contributed by atoms with Crippen LogP contribution in [0.5, 0.6) is 0 Å². The van der Waals surface area contributed by atoms with Gasteiger partial charge in [-0.1, -0.05) is 24.4 Å². The highest BCUT2D eigenvalue weighted by Crippen LogP contribution is 2.10. The molecule has 0 fully saturated rings. The van der Waals surface area contributed by atoms with Crippen LogP contribution < -0.4 is 0 Å². The number of thioether (sulfide) groups is 1. The number of hydrogen-bond acceptors (Lipinski definition) is 3. The van der Waals surface area contributed by atoms with Crippen molar-refractivity contribution in [3.8, 4) is 0 Å². The Morgan fingerprint density at radius 1 is 0.917 bits per heavy atom. The second kappa shape index (κ2) is 6.94. The molecule has 0 atom stereocenters. The molecule has 0 radical (unpaired) electrons. The predicted molar refractivity (Wildman–Crippen MR) is 70.5 cm³/mol. The zero-order chi connectivity index (χ0) is 9.02. The third-order valence-electron chi connectivity index (χ3n) is 0.905. The molecule has 0 aliphatic rings. The Labute approximate surface area is 96.1 Å². The molecule has 0 unspecified atom stereocenters. The first kappa shape index (κ1) is 15.0. The van der Waals surface area contributed by atoms with Gasteiger partial charge in [-0.25, -0.2) is 0 Å². The van der Waals surface area contributed by atoms with Crippen LogP contribution in [0.1, 0.15) is 0 Å². The van der Waals surface area contributed by atoms with Crippen molar-refractivity contribution in [2.24, 2.45) is 0 Å². The fourth-order valence-electron chi connectivity index (χ4n) is 0.257. The summed E-state index contributed by atoms with van der Waals surface area (Å²) in [6.07, 6.45) is 0. The maximum Gasteiger partial charge on any atom is 0.142 e. The molecule has 0 heterocycles. The summed E-state index contributed by atoms with van der Waals surface area (Å²) in [4.78, 5) is 3.74. The van der Waals surface area contributed by atoms with Gasteiger partial charge >= 0.3 is 0 Å². The lowest BCUT2D eigenvalue weighted by atomic mass is 11.0. The minimum absolute atomic E-state index is 0. The molecule has 0 aromatic rings. The second-order valence-corrected chi connectivity index (χ2v) is 4.69. The van der Waals surface area contributed by atoms with E-state index in [0.29, 0.717) is 0 Å². The first-order valence-electron chi connectivity index (χ1n) is 3.05. The van der Waals surface area contributed by atoms with Crippen LogP contribution in [0.4, 0.5) is 0 Å². The van der Waals surface area contributed by atoms with Crippen molar-refractivity contribution in [2.75, 3.05) is 28.2 Å². The average molecular weight is 242 g/mol. The van der Waals surface area contributed by atoms with Gasteiger partial charge in [-0.15, -0.1) is 0 Å². The number of nitrogens with zero attached hydrogens (tertiary/aromatic N) is 2. The third-order valence-corrected chi connectivity index (χ3v) is 3.21. The highest BCUT2D eigenvalue weighted by atomic mass is 32.2. The smallest absolute Gasteiger partial charge is 0.142 e. The van der Waals surface area contributed by atoms with Gasteiger partial charge in [0.1, 0.15) is 8.64 Å². The van der Waals surface area contributed by atoms with Crippen LogP contribution >= 0.6 is 49.7 Å². The highest BCUT2D eigenvalue weighted by Gasteiger charge is 2.05. The second-order valence-electron chi connectivity index (χ2n) is 2.42. The molecule has 0 aliphatic carbocycles. The first-order valence-corrected chi connectivity index (χ1v) is 4.69. The quantitative estimate of drug-likeness (QED) is 0.593. The number of rotatable bonds is 0. The summed E-state index contributed by atoms with van der Waals surface area (Å²) in [5, 5.41) is 0. The lowest BCUT2D eigenvalue weighted by Crippen LogP contribution is -2.23. The van der Waals surface area contributed by atoms with E-state index in [1.54, 1.807) is 0 Å². The molecular formula is C6H14N2S4. The van der Waals surface area contributed by atoms with Gasteiger partial charge in [0.05, 0.1) is 0 Å². The Morgan fingerprint density at radius 2 is 1.17 bits per heavy atom. The Hall–Kier alpha value is 0.480. The average Bonchev–Trinajstić information content (AvgIpc) is 1.87. The maximum atomic E-state index is 5.05. The molecule has 0 aromatic heterocycles. The summed E-state index contributed by atoms with van der Waals surface area (Å²) in [7, 11) is 7.64. The molecule has 12 heavy (non-hydrogen) atoms. The normalized spacial score (nSPS) is 8.33. The van der Waals surface area contributed by atoms with Crippen LogP contribution in [0.25, 0.3) is 0 Å². The minimum Gasteiger partial charge on any atom is -0.363 e. The standard InChI is InChI=1S/C6H12N2S3.H2S/c1-7(2)5(9)11-6(10)8(3)4;/h1-4H3;1H2. The Bertz CT molecular complexity index is 149. The maximum absolute atomic E-state index is 5.05. The van der Waals surface area contributed by atoms with Crippen LogP contribution in [0.3, 0.4) is 0 Å². The van der Waals surface area contributed by atoms with Gasteiger partial charge in [0.2, 0.25) is 0 Å². The highest BCUT2D eigenvalue weighted by molar-refractivity contribution is 8.37. The Balaban J connectivity index is 0. The van der Waals surface area contributed by atoms with E-state index < -0.39 is 0 Å². The van der Waals surface area contributed by atoms with E-state index in [0.717, 1.165) is 8.64 Å². The van der Waals surface area contributed by atoms with E-state index >= 15 is 0 Å². The topological polar surface area (TPSA) is 6.48 Å². The van der Waals surface area contributed by atoms with Crippen molar-refractivity contribution in [1.82, 2.24) is 9.80 Å².